The maximum Gasteiger partial charge on any atom is 0.248 e. The van der Waals surface area contributed by atoms with Crippen molar-refractivity contribution in [3.8, 4) is 17.9 Å². The van der Waals surface area contributed by atoms with Crippen molar-refractivity contribution in [3.05, 3.63) is 117 Å². The van der Waals surface area contributed by atoms with Crippen LogP contribution in [0.5, 0.6) is 0 Å². The fourth-order valence-corrected chi connectivity index (χ4v) is 3.35. The van der Waals surface area contributed by atoms with Gasteiger partial charge in [0.15, 0.2) is 0 Å². The van der Waals surface area contributed by atoms with Crippen LogP contribution >= 0.6 is 0 Å². The summed E-state index contributed by atoms with van der Waals surface area (Å²) in [6.45, 7) is 0. The Morgan fingerprint density at radius 3 is 2.48 bits per heavy atom. The van der Waals surface area contributed by atoms with Crippen LogP contribution in [0.1, 0.15) is 27.9 Å². The Balaban J connectivity index is 1.68. The monoisotopic (exact) mass is 374 g/mol. The second-order valence-corrected chi connectivity index (χ2v) is 6.87. The zero-order valence-electron chi connectivity index (χ0n) is 15.8. The number of hydrogen-bond acceptors (Lipinski definition) is 2. The molecule has 1 aromatic heterocycles. The number of hydrogen-bond donors (Lipinski definition) is 1. The van der Waals surface area contributed by atoms with Crippen LogP contribution in [0.3, 0.4) is 0 Å². The lowest BCUT2D eigenvalue weighted by Crippen LogP contribution is -2.08. The number of benzene rings is 3. The maximum absolute atomic E-state index is 12.1. The van der Waals surface area contributed by atoms with E-state index in [0.29, 0.717) is 18.4 Å². The van der Waals surface area contributed by atoms with Gasteiger partial charge < -0.3 is 4.98 Å². The Morgan fingerprint density at radius 2 is 1.66 bits per heavy atom. The van der Waals surface area contributed by atoms with Gasteiger partial charge in [0.05, 0.1) is 11.6 Å². The van der Waals surface area contributed by atoms with E-state index >= 15 is 0 Å². The van der Waals surface area contributed by atoms with Crippen LogP contribution in [0, 0.1) is 23.2 Å². The van der Waals surface area contributed by atoms with Gasteiger partial charge in [-0.25, -0.2) is 0 Å². The molecule has 0 aliphatic carbocycles. The molecular formula is C26H18N2O. The predicted octanol–water partition coefficient (Wildman–Crippen LogP) is 4.58. The molecule has 0 bridgehead atoms. The molecule has 0 saturated carbocycles. The average molecular weight is 374 g/mol. The van der Waals surface area contributed by atoms with Crippen molar-refractivity contribution in [2.75, 3.05) is 0 Å². The minimum atomic E-state index is -0.133. The number of fused-ring (bicyclic) bond motifs is 1. The van der Waals surface area contributed by atoms with Gasteiger partial charge in [0.2, 0.25) is 5.56 Å². The van der Waals surface area contributed by atoms with Crippen LogP contribution in [-0.2, 0) is 12.8 Å². The van der Waals surface area contributed by atoms with Crippen LogP contribution in [0.4, 0.5) is 0 Å². The molecule has 0 spiro atoms. The van der Waals surface area contributed by atoms with E-state index in [4.69, 9.17) is 5.26 Å². The third-order valence-corrected chi connectivity index (χ3v) is 4.74. The number of aromatic nitrogens is 1. The molecule has 3 nitrogen and oxygen atoms in total. The Bertz CT molecular complexity index is 1330. The highest BCUT2D eigenvalue weighted by molar-refractivity contribution is 5.86. The zero-order valence-corrected chi connectivity index (χ0v) is 15.8. The number of aromatic amines is 1. The Hall–Kier alpha value is -4.08. The predicted molar refractivity (Wildman–Crippen MR) is 116 cm³/mol. The summed E-state index contributed by atoms with van der Waals surface area (Å²) in [5.41, 5.74) is 4.38. The summed E-state index contributed by atoms with van der Waals surface area (Å²) in [5.74, 6) is 6.44. The third-order valence-electron chi connectivity index (χ3n) is 4.74. The topological polar surface area (TPSA) is 56.6 Å². The number of nitriles is 1. The first-order chi connectivity index (χ1) is 14.2. The molecule has 4 rings (SSSR count). The summed E-state index contributed by atoms with van der Waals surface area (Å²) in [4.78, 5) is 15.1. The molecule has 0 aliphatic heterocycles. The first kappa shape index (κ1) is 18.3. The molecule has 0 unspecified atom stereocenters. The Labute approximate surface area is 169 Å². The molecule has 0 saturated heterocycles. The minimum Gasteiger partial charge on any atom is -0.325 e. The highest BCUT2D eigenvalue weighted by Gasteiger charge is 2.06. The van der Waals surface area contributed by atoms with Gasteiger partial charge in [-0.2, -0.15) is 5.26 Å². The lowest BCUT2D eigenvalue weighted by molar-refractivity contribution is 1.07. The summed E-state index contributed by atoms with van der Waals surface area (Å²) >= 11 is 0. The number of nitrogens with one attached hydrogen (secondary N) is 1. The van der Waals surface area contributed by atoms with Crippen molar-refractivity contribution in [2.45, 2.75) is 12.8 Å². The van der Waals surface area contributed by atoms with Crippen LogP contribution in [-0.4, -0.2) is 4.98 Å². The van der Waals surface area contributed by atoms with Crippen molar-refractivity contribution in [1.82, 2.24) is 4.98 Å². The van der Waals surface area contributed by atoms with Gasteiger partial charge in [0.1, 0.15) is 0 Å². The Morgan fingerprint density at radius 1 is 0.828 bits per heavy atom. The van der Waals surface area contributed by atoms with Gasteiger partial charge in [-0.1, -0.05) is 60.4 Å². The van der Waals surface area contributed by atoms with Crippen LogP contribution < -0.4 is 5.56 Å². The third kappa shape index (κ3) is 4.43. The van der Waals surface area contributed by atoms with Crippen molar-refractivity contribution >= 4 is 10.8 Å². The molecule has 0 fully saturated rings. The normalized spacial score (nSPS) is 10.2. The van der Waals surface area contributed by atoms with Crippen LogP contribution in [0.25, 0.3) is 10.8 Å². The molecular weight excluding hydrogens is 356 g/mol. The summed E-state index contributed by atoms with van der Waals surface area (Å²) in [5, 5.41) is 11.0. The minimum absolute atomic E-state index is 0.133. The van der Waals surface area contributed by atoms with E-state index in [1.54, 1.807) is 12.1 Å². The molecule has 4 aromatic rings. The SMILES string of the molecule is N#Cc1cccc(Cc2[nH]c(=O)cc3ccc(C#CCc4ccccc4)cc23)c1. The average Bonchev–Trinajstić information content (AvgIpc) is 2.75. The molecule has 1 N–H and O–H groups in total. The fraction of sp³-hybridized carbons (Fsp3) is 0.0769. The van der Waals surface area contributed by atoms with Crippen LogP contribution in [0.15, 0.2) is 83.7 Å². The van der Waals surface area contributed by atoms with E-state index < -0.39 is 0 Å². The lowest BCUT2D eigenvalue weighted by atomic mass is 10.0. The molecule has 0 aliphatic rings. The van der Waals surface area contributed by atoms with Crippen molar-refractivity contribution in [3.63, 3.8) is 0 Å². The Kier molecular flexibility index (Phi) is 5.23. The van der Waals surface area contributed by atoms with Gasteiger partial charge in [-0.05, 0) is 40.8 Å². The largest absolute Gasteiger partial charge is 0.325 e. The standard InChI is InChI=1S/C26H18N2O/c27-18-22-11-5-10-21(14-22)16-25-24-15-20(12-13-23(24)17-26(29)28-25)9-4-8-19-6-2-1-3-7-19/h1-3,5-7,10-15,17H,8,16H2,(H,28,29). The lowest BCUT2D eigenvalue weighted by Gasteiger charge is -2.08. The molecule has 138 valence electrons. The number of nitrogens with zero attached hydrogens (tertiary/aromatic N) is 1. The molecule has 1 heterocycles. The van der Waals surface area contributed by atoms with Gasteiger partial charge in [-0.15, -0.1) is 0 Å². The zero-order chi connectivity index (χ0) is 20.1. The quantitative estimate of drug-likeness (QED) is 0.534. The summed E-state index contributed by atoms with van der Waals surface area (Å²) in [7, 11) is 0. The fourth-order valence-electron chi connectivity index (χ4n) is 3.35. The molecule has 0 radical (unpaired) electrons. The van der Waals surface area contributed by atoms with Gasteiger partial charge in [0, 0.05) is 35.6 Å². The first-order valence-electron chi connectivity index (χ1n) is 9.39. The number of rotatable bonds is 3. The molecule has 3 heteroatoms. The van der Waals surface area contributed by atoms with Crippen LogP contribution in [0.2, 0.25) is 0 Å². The van der Waals surface area contributed by atoms with Crippen molar-refractivity contribution < 1.29 is 0 Å². The maximum atomic E-state index is 12.1. The van der Waals surface area contributed by atoms with Gasteiger partial charge >= 0.3 is 0 Å². The molecule has 29 heavy (non-hydrogen) atoms. The molecule has 0 amide bonds. The van der Waals surface area contributed by atoms with E-state index in [1.807, 2.05) is 54.6 Å². The van der Waals surface area contributed by atoms with Gasteiger partial charge in [-0.3, -0.25) is 4.79 Å². The van der Waals surface area contributed by atoms with E-state index in [9.17, 15) is 4.79 Å². The number of pyridine rings is 1. The molecule has 0 atom stereocenters. The van der Waals surface area contributed by atoms with E-state index in [0.717, 1.165) is 27.6 Å². The second kappa shape index (κ2) is 8.30. The van der Waals surface area contributed by atoms with E-state index in [2.05, 4.69) is 35.0 Å². The summed E-state index contributed by atoms with van der Waals surface area (Å²) in [6, 6.07) is 27.2. The second-order valence-electron chi connectivity index (χ2n) is 6.87. The van der Waals surface area contributed by atoms with E-state index in [-0.39, 0.29) is 5.56 Å². The van der Waals surface area contributed by atoms with Crippen molar-refractivity contribution in [2.24, 2.45) is 0 Å². The summed E-state index contributed by atoms with van der Waals surface area (Å²) in [6.07, 6.45) is 1.24. The van der Waals surface area contributed by atoms with Crippen molar-refractivity contribution in [1.29, 1.82) is 5.26 Å². The van der Waals surface area contributed by atoms with E-state index in [1.165, 1.54) is 5.56 Å². The molecule has 3 aromatic carbocycles. The highest BCUT2D eigenvalue weighted by atomic mass is 16.1. The van der Waals surface area contributed by atoms with Gasteiger partial charge in [0.25, 0.3) is 0 Å². The highest BCUT2D eigenvalue weighted by Crippen LogP contribution is 2.20. The first-order valence-corrected chi connectivity index (χ1v) is 9.39. The smallest absolute Gasteiger partial charge is 0.248 e. The summed E-state index contributed by atoms with van der Waals surface area (Å²) < 4.78 is 0. The number of H-pyrrole nitrogens is 1.